The molecule has 2 saturated heterocycles. The average Bonchev–Trinajstić information content (AvgIpc) is 3.24. The molecule has 2 rings (SSSR count). The first-order chi connectivity index (χ1) is 14.6. The molecule has 6 radical (unpaired) electrons. The van der Waals surface area contributed by atoms with E-state index in [0.717, 1.165) is 0 Å². The molecule has 2 fully saturated rings. The Labute approximate surface area is 294 Å². The molecule has 0 amide bonds. The van der Waals surface area contributed by atoms with Gasteiger partial charge in [-0.3, -0.25) is 0 Å². The third kappa shape index (κ3) is 30.6. The fourth-order valence-corrected chi connectivity index (χ4v) is 4.08. The molecule has 0 aromatic rings. The third-order valence-corrected chi connectivity index (χ3v) is 6.27. The van der Waals surface area contributed by atoms with E-state index in [-0.39, 0.29) is 99.8 Å². The van der Waals surface area contributed by atoms with Gasteiger partial charge in [0.15, 0.2) is 6.19 Å². The molecule has 0 bridgehead atoms. The largest absolute Gasteiger partial charge is 1.00 e. The SMILES string of the molecule is C.C.C.CCC[N+]1(C)CCCC1.CCC[N+]1(C)CCCC1.N#CNS(=O)(=O)C(F)(F)F.[B]B([B])[B].[I-].[I-].[Na+]. The van der Waals surface area contributed by atoms with Crippen molar-refractivity contribution in [1.29, 1.82) is 5.26 Å². The van der Waals surface area contributed by atoms with Gasteiger partial charge in [0.05, 0.1) is 53.4 Å². The van der Waals surface area contributed by atoms with Gasteiger partial charge in [-0.05, 0) is 12.8 Å². The molecule has 0 aromatic heterocycles. The molecule has 0 unspecified atom stereocenters. The number of nitriles is 1. The van der Waals surface area contributed by atoms with E-state index in [4.69, 9.17) is 5.26 Å². The molecule has 2 aliphatic heterocycles. The molecule has 0 aliphatic carbocycles. The standard InChI is InChI=1S/2C8H18N.C2HF3N2O2S.3CH4.B4.2HI.Na/c2*1-3-6-9(2)7-4-5-8-9;3-2(4,5)10(8,9)7-1-6;;;;1-4(2)3;;;/h2*3-8H2,1-2H3;7H;3*1H4;;2*1H;/q2*+1;;;;;;;;+1/p-2. The second-order valence-corrected chi connectivity index (χ2v) is 10.4. The molecular formula is C21H49B4F3I2N4NaO2S+. The van der Waals surface area contributed by atoms with Crippen molar-refractivity contribution in [2.75, 3.05) is 53.4 Å². The number of sulfonamides is 1. The first-order valence-electron chi connectivity index (χ1n) is 11.0. The first-order valence-corrected chi connectivity index (χ1v) is 12.5. The zero-order valence-electron chi connectivity index (χ0n) is 21.8. The third-order valence-electron chi connectivity index (χ3n) is 5.30. The predicted molar refractivity (Wildman–Crippen MR) is 148 cm³/mol. The minimum Gasteiger partial charge on any atom is -1.00 e. The van der Waals surface area contributed by atoms with E-state index in [1.54, 1.807) is 0 Å². The summed E-state index contributed by atoms with van der Waals surface area (Å²) in [5, 5.41) is 7.52. The molecule has 17 heteroatoms. The normalized spacial score (nSPS) is 15.5. The Morgan fingerprint density at radius 1 is 0.842 bits per heavy atom. The number of hydrogen-bond donors (Lipinski definition) is 1. The van der Waals surface area contributed by atoms with Crippen molar-refractivity contribution in [3.05, 3.63) is 0 Å². The van der Waals surface area contributed by atoms with E-state index in [9.17, 15) is 21.6 Å². The van der Waals surface area contributed by atoms with Crippen LogP contribution in [-0.2, 0) is 10.0 Å². The molecule has 0 aromatic carbocycles. The second kappa shape index (κ2) is 30.1. The van der Waals surface area contributed by atoms with Gasteiger partial charge in [0, 0.05) is 55.3 Å². The molecule has 0 atom stereocenters. The molecule has 218 valence electrons. The summed E-state index contributed by atoms with van der Waals surface area (Å²) in [6, 6.07) is 0. The maximum absolute atomic E-state index is 11.2. The summed E-state index contributed by atoms with van der Waals surface area (Å²) in [5.41, 5.74) is -5.41. The zero-order valence-corrected chi connectivity index (χ0v) is 28.9. The Morgan fingerprint density at radius 2 is 1.08 bits per heavy atom. The van der Waals surface area contributed by atoms with Crippen molar-refractivity contribution >= 4 is 39.6 Å². The summed E-state index contributed by atoms with van der Waals surface area (Å²) in [5.74, 6) is 0. The average molecular weight is 799 g/mol. The monoisotopic (exact) mass is 799 g/mol. The van der Waals surface area contributed by atoms with Crippen LogP contribution in [-0.4, -0.2) is 106 Å². The molecule has 0 spiro atoms. The van der Waals surface area contributed by atoms with Gasteiger partial charge in [0.2, 0.25) is 0 Å². The Hall–Kier alpha value is 1.67. The number of hydrogen-bond acceptors (Lipinski definition) is 3. The van der Waals surface area contributed by atoms with Crippen LogP contribution in [0.3, 0.4) is 0 Å². The van der Waals surface area contributed by atoms with Gasteiger partial charge < -0.3 is 56.9 Å². The summed E-state index contributed by atoms with van der Waals surface area (Å²) in [6.45, 7) is 13.0. The molecular weight excluding hydrogens is 749 g/mol. The fraction of sp³-hybridized carbons (Fsp3) is 0.952. The van der Waals surface area contributed by atoms with Gasteiger partial charge in [-0.1, -0.05) is 36.1 Å². The van der Waals surface area contributed by atoms with E-state index in [1.807, 2.05) is 0 Å². The number of rotatable bonds is 5. The van der Waals surface area contributed by atoms with Gasteiger partial charge in [-0.15, -0.1) is 0 Å². The van der Waals surface area contributed by atoms with E-state index in [2.05, 4.69) is 51.2 Å². The van der Waals surface area contributed by atoms with E-state index >= 15 is 0 Å². The van der Waals surface area contributed by atoms with Gasteiger partial charge in [-0.2, -0.15) is 26.9 Å². The summed E-state index contributed by atoms with van der Waals surface area (Å²) in [7, 11) is 13.3. The van der Waals surface area contributed by atoms with Crippen molar-refractivity contribution in [1.82, 2.24) is 4.72 Å². The number of likely N-dealkylation sites (tertiary alicyclic amines) is 2. The number of nitrogens with one attached hydrogen (secondary N) is 1. The van der Waals surface area contributed by atoms with Crippen LogP contribution < -0.4 is 82.2 Å². The van der Waals surface area contributed by atoms with Crippen molar-refractivity contribution in [3.8, 4) is 6.19 Å². The minimum atomic E-state index is -5.46. The fourth-order valence-electron chi connectivity index (χ4n) is 3.84. The van der Waals surface area contributed by atoms with E-state index in [1.165, 1.54) is 86.8 Å². The van der Waals surface area contributed by atoms with Crippen LogP contribution in [0.2, 0.25) is 0 Å². The molecule has 2 aliphatic rings. The Balaban J connectivity index is -0.0000000515. The predicted octanol–water partition coefficient (Wildman–Crippen LogP) is -5.42. The van der Waals surface area contributed by atoms with Gasteiger partial charge >= 0.3 is 45.1 Å². The van der Waals surface area contributed by atoms with Crippen LogP contribution >= 0.6 is 0 Å². The van der Waals surface area contributed by atoms with Crippen LogP contribution in [0, 0.1) is 11.5 Å². The van der Waals surface area contributed by atoms with Crippen LogP contribution in [0.5, 0.6) is 0 Å². The van der Waals surface area contributed by atoms with E-state index < -0.39 is 21.9 Å². The molecule has 1 N–H and O–H groups in total. The molecule has 6 nitrogen and oxygen atoms in total. The van der Waals surface area contributed by atoms with E-state index in [0.29, 0.717) is 10.9 Å². The molecule has 38 heavy (non-hydrogen) atoms. The van der Waals surface area contributed by atoms with Crippen molar-refractivity contribution < 1.29 is 108 Å². The zero-order chi connectivity index (χ0) is 25.5. The molecule has 2 heterocycles. The maximum Gasteiger partial charge on any atom is 1.00 e. The van der Waals surface area contributed by atoms with Crippen LogP contribution in [0.4, 0.5) is 13.2 Å². The minimum absolute atomic E-state index is 0. The van der Waals surface area contributed by atoms with Crippen molar-refractivity contribution in [2.24, 2.45) is 0 Å². The smallest absolute Gasteiger partial charge is 1.00 e. The summed E-state index contributed by atoms with van der Waals surface area (Å²) >= 11 is 0. The van der Waals surface area contributed by atoms with Crippen molar-refractivity contribution in [3.63, 3.8) is 0 Å². The Bertz CT molecular complexity index is 629. The maximum atomic E-state index is 11.2. The van der Waals surface area contributed by atoms with Crippen molar-refractivity contribution in [2.45, 2.75) is 80.2 Å². The quantitative estimate of drug-likeness (QED) is 0.0995. The van der Waals surface area contributed by atoms with Crippen LogP contribution in [0.15, 0.2) is 0 Å². The number of halogens is 5. The number of nitrogens with zero attached hydrogens (tertiary/aromatic N) is 3. The Kier molecular flexibility index (Phi) is 46.9. The number of alkyl halides is 3. The summed E-state index contributed by atoms with van der Waals surface area (Å²) in [4.78, 5) is 0. The second-order valence-electron chi connectivity index (χ2n) is 8.74. The van der Waals surface area contributed by atoms with Crippen LogP contribution in [0.1, 0.15) is 74.7 Å². The topological polar surface area (TPSA) is 70.0 Å². The van der Waals surface area contributed by atoms with Gasteiger partial charge in [0.25, 0.3) is 0 Å². The summed E-state index contributed by atoms with van der Waals surface area (Å²) < 4.78 is 56.5. The first kappa shape index (κ1) is 59.1. The van der Waals surface area contributed by atoms with Gasteiger partial charge in [-0.25, -0.2) is 4.72 Å². The number of quaternary nitrogens is 2. The van der Waals surface area contributed by atoms with Gasteiger partial charge in [0.1, 0.15) is 0 Å². The Morgan fingerprint density at radius 3 is 1.21 bits per heavy atom. The van der Waals surface area contributed by atoms with Crippen LogP contribution in [0.25, 0.3) is 0 Å². The summed E-state index contributed by atoms with van der Waals surface area (Å²) in [6.07, 6.45) is 8.50. The molecule has 0 saturated carbocycles.